The number of aromatic nitrogens is 3. The Balaban J connectivity index is 1.73. The van der Waals surface area contributed by atoms with Gasteiger partial charge in [-0.05, 0) is 30.9 Å². The number of hydrogen-bond acceptors (Lipinski definition) is 7. The van der Waals surface area contributed by atoms with Crippen molar-refractivity contribution < 1.29 is 9.21 Å². The van der Waals surface area contributed by atoms with Crippen molar-refractivity contribution in [3.63, 3.8) is 0 Å². The van der Waals surface area contributed by atoms with E-state index < -0.39 is 0 Å². The average Bonchev–Trinajstić information content (AvgIpc) is 3.17. The molecule has 1 aromatic carbocycles. The van der Waals surface area contributed by atoms with Gasteiger partial charge in [-0.1, -0.05) is 18.1 Å². The van der Waals surface area contributed by atoms with Gasteiger partial charge >= 0.3 is 6.01 Å². The summed E-state index contributed by atoms with van der Waals surface area (Å²) in [5, 5.41) is 13.1. The molecule has 2 heterocycles. The van der Waals surface area contributed by atoms with Gasteiger partial charge in [-0.2, -0.15) is 0 Å². The topological polar surface area (TPSA) is 80.9 Å². The molecule has 0 aliphatic rings. The summed E-state index contributed by atoms with van der Waals surface area (Å²) in [6.45, 7) is 3.96. The van der Waals surface area contributed by atoms with E-state index in [1.807, 2.05) is 30.5 Å². The van der Waals surface area contributed by atoms with E-state index in [-0.39, 0.29) is 11.9 Å². The van der Waals surface area contributed by atoms with Crippen LogP contribution in [0.2, 0.25) is 0 Å². The highest BCUT2D eigenvalue weighted by molar-refractivity contribution is 7.99. The lowest BCUT2D eigenvalue weighted by Crippen LogP contribution is -2.12. The molecule has 6 nitrogen and oxygen atoms in total. The molecule has 0 fully saturated rings. The van der Waals surface area contributed by atoms with Crippen LogP contribution in [0, 0.1) is 6.92 Å². The molecular weight excluding hydrogens is 332 g/mol. The van der Waals surface area contributed by atoms with Crippen molar-refractivity contribution in [2.75, 3.05) is 11.1 Å². The summed E-state index contributed by atoms with van der Waals surface area (Å²) in [4.78, 5) is 17.6. The molecule has 1 N–H and O–H groups in total. The summed E-state index contributed by atoms with van der Waals surface area (Å²) in [5.41, 5.74) is 1.16. The van der Waals surface area contributed by atoms with Gasteiger partial charge in [0.1, 0.15) is 5.69 Å². The van der Waals surface area contributed by atoms with Crippen molar-refractivity contribution in [1.29, 1.82) is 0 Å². The van der Waals surface area contributed by atoms with Gasteiger partial charge in [-0.3, -0.25) is 10.1 Å². The summed E-state index contributed by atoms with van der Waals surface area (Å²) in [7, 11) is 0. The third-order valence-electron chi connectivity index (χ3n) is 2.89. The molecule has 3 rings (SSSR count). The van der Waals surface area contributed by atoms with Crippen molar-refractivity contribution in [1.82, 2.24) is 15.2 Å². The van der Waals surface area contributed by atoms with E-state index in [9.17, 15) is 4.79 Å². The number of anilines is 1. The second-order valence-electron chi connectivity index (χ2n) is 4.58. The molecule has 0 saturated carbocycles. The lowest BCUT2D eigenvalue weighted by Gasteiger charge is -2.03. The molecule has 0 spiro atoms. The van der Waals surface area contributed by atoms with Crippen LogP contribution < -0.4 is 5.32 Å². The molecule has 3 aromatic rings. The van der Waals surface area contributed by atoms with Crippen LogP contribution in [-0.2, 0) is 0 Å². The van der Waals surface area contributed by atoms with Crippen LogP contribution in [0.25, 0.3) is 11.6 Å². The molecule has 1 amide bonds. The van der Waals surface area contributed by atoms with Crippen LogP contribution in [0.5, 0.6) is 0 Å². The van der Waals surface area contributed by atoms with Crippen LogP contribution in [0.15, 0.2) is 39.0 Å². The SMILES string of the molecule is CCSc1cccc(C(=O)Nc2nnc(-c3csc(C)n3)o2)c1. The van der Waals surface area contributed by atoms with E-state index in [4.69, 9.17) is 4.42 Å². The van der Waals surface area contributed by atoms with Gasteiger partial charge in [-0.25, -0.2) is 4.98 Å². The van der Waals surface area contributed by atoms with E-state index >= 15 is 0 Å². The van der Waals surface area contributed by atoms with E-state index in [1.165, 1.54) is 11.3 Å². The minimum absolute atomic E-state index is 0.0594. The monoisotopic (exact) mass is 346 g/mol. The van der Waals surface area contributed by atoms with E-state index in [1.54, 1.807) is 17.8 Å². The Labute approximate surface area is 141 Å². The fourth-order valence-corrected chi connectivity index (χ4v) is 3.21. The van der Waals surface area contributed by atoms with Gasteiger partial charge in [0.05, 0.1) is 5.01 Å². The maximum Gasteiger partial charge on any atom is 0.322 e. The van der Waals surface area contributed by atoms with Gasteiger partial charge < -0.3 is 4.42 Å². The number of hydrogen-bond donors (Lipinski definition) is 1. The third kappa shape index (κ3) is 3.77. The Morgan fingerprint density at radius 1 is 1.39 bits per heavy atom. The molecule has 8 heteroatoms. The number of nitrogens with one attached hydrogen (secondary N) is 1. The normalized spacial score (nSPS) is 10.7. The van der Waals surface area contributed by atoms with Crippen molar-refractivity contribution in [2.24, 2.45) is 0 Å². The quantitative estimate of drug-likeness (QED) is 0.706. The Morgan fingerprint density at radius 3 is 3.00 bits per heavy atom. The van der Waals surface area contributed by atoms with Gasteiger partial charge in [-0.15, -0.1) is 28.2 Å². The molecule has 0 radical (unpaired) electrons. The second kappa shape index (κ2) is 6.93. The van der Waals surface area contributed by atoms with Gasteiger partial charge in [0.25, 0.3) is 11.8 Å². The Hall–Kier alpha value is -2.19. The molecule has 0 unspecified atom stereocenters. The minimum atomic E-state index is -0.284. The number of benzene rings is 1. The number of carbonyl (C=O) groups excluding carboxylic acids is 1. The predicted octanol–water partition coefficient (Wildman–Crippen LogP) is 3.87. The predicted molar refractivity (Wildman–Crippen MR) is 90.9 cm³/mol. The number of aryl methyl sites for hydroxylation is 1. The van der Waals surface area contributed by atoms with Crippen molar-refractivity contribution in [2.45, 2.75) is 18.7 Å². The molecule has 2 aromatic heterocycles. The molecule has 23 heavy (non-hydrogen) atoms. The maximum absolute atomic E-state index is 12.3. The standard InChI is InChI=1S/C15H14N4O2S2/c1-3-22-11-6-4-5-10(7-11)13(20)17-15-19-18-14(21-15)12-8-23-9(2)16-12/h4-8H,3H2,1-2H3,(H,17,19,20). The Kier molecular flexibility index (Phi) is 4.73. The summed E-state index contributed by atoms with van der Waals surface area (Å²) in [5.74, 6) is 0.957. The molecule has 0 atom stereocenters. The molecule has 0 aliphatic heterocycles. The highest BCUT2D eigenvalue weighted by Crippen LogP contribution is 2.22. The summed E-state index contributed by atoms with van der Waals surface area (Å²) in [6, 6.07) is 7.47. The van der Waals surface area contributed by atoms with Gasteiger partial charge in [0, 0.05) is 15.8 Å². The van der Waals surface area contributed by atoms with E-state index in [0.29, 0.717) is 17.1 Å². The van der Waals surface area contributed by atoms with Gasteiger partial charge in [0.15, 0.2) is 0 Å². The summed E-state index contributed by atoms with van der Waals surface area (Å²) >= 11 is 3.18. The lowest BCUT2D eigenvalue weighted by molar-refractivity contribution is 0.102. The van der Waals surface area contributed by atoms with E-state index in [0.717, 1.165) is 15.7 Å². The number of thioether (sulfide) groups is 1. The number of amides is 1. The van der Waals surface area contributed by atoms with Crippen LogP contribution >= 0.6 is 23.1 Å². The number of nitrogens with zero attached hydrogens (tertiary/aromatic N) is 3. The van der Waals surface area contributed by atoms with Crippen LogP contribution in [0.4, 0.5) is 6.01 Å². The fourth-order valence-electron chi connectivity index (χ4n) is 1.90. The van der Waals surface area contributed by atoms with Crippen LogP contribution in [0.3, 0.4) is 0 Å². The average molecular weight is 346 g/mol. The highest BCUT2D eigenvalue weighted by atomic mass is 32.2. The van der Waals surface area contributed by atoms with Crippen molar-refractivity contribution in [3.8, 4) is 11.6 Å². The first kappa shape index (κ1) is 15.7. The first-order chi connectivity index (χ1) is 11.2. The van der Waals surface area contributed by atoms with Crippen LogP contribution in [0.1, 0.15) is 22.3 Å². The maximum atomic E-state index is 12.3. The minimum Gasteiger partial charge on any atom is -0.401 e. The molecule has 0 saturated heterocycles. The Morgan fingerprint density at radius 2 is 2.26 bits per heavy atom. The fraction of sp³-hybridized carbons (Fsp3) is 0.200. The second-order valence-corrected chi connectivity index (χ2v) is 6.98. The summed E-state index contributed by atoms with van der Waals surface area (Å²) in [6.07, 6.45) is 0. The lowest BCUT2D eigenvalue weighted by atomic mass is 10.2. The zero-order chi connectivity index (χ0) is 16.2. The molecule has 118 valence electrons. The molecular formula is C15H14N4O2S2. The van der Waals surface area contributed by atoms with E-state index in [2.05, 4.69) is 27.4 Å². The number of thiazole rings is 1. The van der Waals surface area contributed by atoms with Crippen LogP contribution in [-0.4, -0.2) is 26.8 Å². The molecule has 0 aliphatic carbocycles. The zero-order valence-electron chi connectivity index (χ0n) is 12.6. The Bertz CT molecular complexity index is 828. The first-order valence-corrected chi connectivity index (χ1v) is 8.82. The summed E-state index contributed by atoms with van der Waals surface area (Å²) < 4.78 is 5.44. The largest absolute Gasteiger partial charge is 0.401 e. The first-order valence-electron chi connectivity index (χ1n) is 6.96. The van der Waals surface area contributed by atoms with Gasteiger partial charge in [0.2, 0.25) is 0 Å². The zero-order valence-corrected chi connectivity index (χ0v) is 14.2. The van der Waals surface area contributed by atoms with Crippen molar-refractivity contribution >= 4 is 35.0 Å². The van der Waals surface area contributed by atoms with Crippen molar-refractivity contribution in [3.05, 3.63) is 40.2 Å². The smallest absolute Gasteiger partial charge is 0.322 e. The highest BCUT2D eigenvalue weighted by Gasteiger charge is 2.14. The number of carbonyl (C=O) groups is 1. The third-order valence-corrected chi connectivity index (χ3v) is 4.54. The number of rotatable bonds is 5. The molecule has 0 bridgehead atoms.